The maximum absolute atomic E-state index is 8.58. The summed E-state index contributed by atoms with van der Waals surface area (Å²) in [5, 5.41) is 8.58. The number of pyridine rings is 1. The van der Waals surface area contributed by atoms with E-state index in [0.29, 0.717) is 11.4 Å². The van der Waals surface area contributed by atoms with E-state index in [1.165, 1.54) is 0 Å². The Bertz CT molecular complexity index is 301. The zero-order chi connectivity index (χ0) is 8.43. The van der Waals surface area contributed by atoms with Gasteiger partial charge in [0.1, 0.15) is 17.7 Å². The van der Waals surface area contributed by atoms with Crippen molar-refractivity contribution in [2.45, 2.75) is 6.92 Å². The minimum Gasteiger partial charge on any atom is -0.384 e. The summed E-state index contributed by atoms with van der Waals surface area (Å²) in [5.74, 6) is 0.545. The molecular weight excluding hydrogens is 140 g/mol. The first-order chi connectivity index (χ1) is 5.15. The van der Waals surface area contributed by atoms with Crippen molar-refractivity contribution in [2.24, 2.45) is 0 Å². The van der Waals surface area contributed by atoms with E-state index in [0.717, 1.165) is 5.56 Å². The number of anilines is 2. The SMILES string of the molecule is Cc1cc(N)nc(N)c1C#N. The Morgan fingerprint density at radius 3 is 2.64 bits per heavy atom. The van der Waals surface area contributed by atoms with Gasteiger partial charge in [-0.1, -0.05) is 0 Å². The maximum Gasteiger partial charge on any atom is 0.144 e. The summed E-state index contributed by atoms with van der Waals surface area (Å²) in [5.41, 5.74) is 12.0. The molecule has 4 N–H and O–H groups in total. The van der Waals surface area contributed by atoms with Gasteiger partial charge in [-0.05, 0) is 18.6 Å². The van der Waals surface area contributed by atoms with E-state index in [-0.39, 0.29) is 5.82 Å². The Morgan fingerprint density at radius 1 is 1.55 bits per heavy atom. The Balaban J connectivity index is 3.40. The smallest absolute Gasteiger partial charge is 0.144 e. The molecule has 0 saturated heterocycles. The van der Waals surface area contributed by atoms with Crippen LogP contribution in [-0.4, -0.2) is 4.98 Å². The van der Waals surface area contributed by atoms with Crippen LogP contribution in [0.2, 0.25) is 0 Å². The molecule has 11 heavy (non-hydrogen) atoms. The molecule has 0 spiro atoms. The van der Waals surface area contributed by atoms with Gasteiger partial charge in [0.15, 0.2) is 0 Å². The number of nitrogen functional groups attached to an aromatic ring is 2. The summed E-state index contributed by atoms with van der Waals surface area (Å²) in [6.07, 6.45) is 0. The van der Waals surface area contributed by atoms with Gasteiger partial charge in [-0.2, -0.15) is 5.26 Å². The fourth-order valence-electron chi connectivity index (χ4n) is 0.869. The molecule has 0 fully saturated rings. The predicted octanol–water partition coefficient (Wildman–Crippen LogP) is 0.426. The van der Waals surface area contributed by atoms with E-state index in [4.69, 9.17) is 16.7 Å². The molecule has 0 aliphatic heterocycles. The highest BCUT2D eigenvalue weighted by molar-refractivity contribution is 5.56. The van der Waals surface area contributed by atoms with E-state index in [9.17, 15) is 0 Å². The van der Waals surface area contributed by atoms with Gasteiger partial charge in [-0.25, -0.2) is 4.98 Å². The van der Waals surface area contributed by atoms with Gasteiger partial charge in [0, 0.05) is 0 Å². The Kier molecular flexibility index (Phi) is 1.65. The second kappa shape index (κ2) is 2.46. The van der Waals surface area contributed by atoms with Crippen LogP contribution in [0, 0.1) is 18.3 Å². The number of nitriles is 1. The summed E-state index contributed by atoms with van der Waals surface area (Å²) in [4.78, 5) is 3.74. The maximum atomic E-state index is 8.58. The van der Waals surface area contributed by atoms with Crippen molar-refractivity contribution in [1.29, 1.82) is 5.26 Å². The average Bonchev–Trinajstić information content (AvgIpc) is 1.85. The van der Waals surface area contributed by atoms with Crippen LogP contribution in [-0.2, 0) is 0 Å². The zero-order valence-electron chi connectivity index (χ0n) is 6.13. The van der Waals surface area contributed by atoms with Crippen LogP contribution in [0.3, 0.4) is 0 Å². The standard InChI is InChI=1S/C7H8N4/c1-4-2-6(9)11-7(10)5(4)3-8/h2H,1H3,(H4,9,10,11). The van der Waals surface area contributed by atoms with Crippen LogP contribution < -0.4 is 11.5 Å². The lowest BCUT2D eigenvalue weighted by Gasteiger charge is -2.00. The van der Waals surface area contributed by atoms with Gasteiger partial charge < -0.3 is 11.5 Å². The van der Waals surface area contributed by atoms with Crippen LogP contribution in [0.5, 0.6) is 0 Å². The lowest BCUT2D eigenvalue weighted by Crippen LogP contribution is -2.00. The molecule has 0 atom stereocenters. The molecule has 0 amide bonds. The highest BCUT2D eigenvalue weighted by atomic mass is 14.9. The van der Waals surface area contributed by atoms with Gasteiger partial charge in [-0.15, -0.1) is 0 Å². The lowest BCUT2D eigenvalue weighted by molar-refractivity contribution is 1.27. The number of hydrogen-bond donors (Lipinski definition) is 2. The van der Waals surface area contributed by atoms with E-state index >= 15 is 0 Å². The molecule has 0 aromatic carbocycles. The van der Waals surface area contributed by atoms with E-state index in [1.54, 1.807) is 13.0 Å². The molecule has 1 aromatic heterocycles. The summed E-state index contributed by atoms with van der Waals surface area (Å²) >= 11 is 0. The van der Waals surface area contributed by atoms with Crippen LogP contribution in [0.1, 0.15) is 11.1 Å². The van der Waals surface area contributed by atoms with Crippen molar-refractivity contribution in [3.63, 3.8) is 0 Å². The molecule has 4 heteroatoms. The Hall–Kier alpha value is -1.76. The van der Waals surface area contributed by atoms with Gasteiger partial charge in [0.25, 0.3) is 0 Å². The first-order valence-corrected chi connectivity index (χ1v) is 3.08. The van der Waals surface area contributed by atoms with Gasteiger partial charge in [0.05, 0.1) is 5.56 Å². The second-order valence-corrected chi connectivity index (χ2v) is 2.24. The third-order valence-electron chi connectivity index (χ3n) is 1.38. The van der Waals surface area contributed by atoms with Crippen LogP contribution >= 0.6 is 0 Å². The molecule has 0 bridgehead atoms. The van der Waals surface area contributed by atoms with Crippen molar-refractivity contribution < 1.29 is 0 Å². The molecule has 1 rings (SSSR count). The topological polar surface area (TPSA) is 88.7 Å². The number of aromatic nitrogens is 1. The van der Waals surface area contributed by atoms with Crippen molar-refractivity contribution >= 4 is 11.6 Å². The van der Waals surface area contributed by atoms with E-state index in [2.05, 4.69) is 4.98 Å². The Labute approximate surface area is 64.5 Å². The molecule has 1 heterocycles. The first kappa shape index (κ1) is 7.35. The van der Waals surface area contributed by atoms with Crippen molar-refractivity contribution in [3.8, 4) is 6.07 Å². The largest absolute Gasteiger partial charge is 0.384 e. The quantitative estimate of drug-likeness (QED) is 0.558. The van der Waals surface area contributed by atoms with Crippen molar-refractivity contribution in [1.82, 2.24) is 4.98 Å². The average molecular weight is 148 g/mol. The van der Waals surface area contributed by atoms with Gasteiger partial charge >= 0.3 is 0 Å². The minimum atomic E-state index is 0.199. The monoisotopic (exact) mass is 148 g/mol. The van der Waals surface area contributed by atoms with E-state index < -0.39 is 0 Å². The third-order valence-corrected chi connectivity index (χ3v) is 1.38. The van der Waals surface area contributed by atoms with Crippen LogP contribution in [0.4, 0.5) is 11.6 Å². The summed E-state index contributed by atoms with van der Waals surface area (Å²) < 4.78 is 0. The number of nitrogens with zero attached hydrogens (tertiary/aromatic N) is 2. The number of rotatable bonds is 0. The third kappa shape index (κ3) is 1.22. The molecular formula is C7H8N4. The highest BCUT2D eigenvalue weighted by Gasteiger charge is 2.03. The minimum absolute atomic E-state index is 0.199. The normalized spacial score (nSPS) is 9.09. The molecule has 1 aromatic rings. The Morgan fingerprint density at radius 2 is 2.18 bits per heavy atom. The number of hydrogen-bond acceptors (Lipinski definition) is 4. The number of nitrogens with two attached hydrogens (primary N) is 2. The van der Waals surface area contributed by atoms with Crippen molar-refractivity contribution in [2.75, 3.05) is 11.5 Å². The van der Waals surface area contributed by atoms with Crippen LogP contribution in [0.15, 0.2) is 6.07 Å². The fourth-order valence-corrected chi connectivity index (χ4v) is 0.869. The number of aryl methyl sites for hydroxylation is 1. The molecule has 0 radical (unpaired) electrons. The van der Waals surface area contributed by atoms with E-state index in [1.807, 2.05) is 6.07 Å². The summed E-state index contributed by atoms with van der Waals surface area (Å²) in [6, 6.07) is 3.57. The molecule has 0 aliphatic rings. The van der Waals surface area contributed by atoms with Crippen LogP contribution in [0.25, 0.3) is 0 Å². The summed E-state index contributed by atoms with van der Waals surface area (Å²) in [7, 11) is 0. The molecule has 0 unspecified atom stereocenters. The lowest BCUT2D eigenvalue weighted by atomic mass is 10.1. The predicted molar refractivity (Wildman–Crippen MR) is 42.5 cm³/mol. The second-order valence-electron chi connectivity index (χ2n) is 2.24. The summed E-state index contributed by atoms with van der Waals surface area (Å²) in [6.45, 7) is 1.77. The first-order valence-electron chi connectivity index (χ1n) is 3.08. The fraction of sp³-hybridized carbons (Fsp3) is 0.143. The zero-order valence-corrected chi connectivity index (χ0v) is 6.13. The van der Waals surface area contributed by atoms with Gasteiger partial charge in [-0.3, -0.25) is 0 Å². The van der Waals surface area contributed by atoms with Crippen molar-refractivity contribution in [3.05, 3.63) is 17.2 Å². The highest BCUT2D eigenvalue weighted by Crippen LogP contribution is 2.14. The molecule has 0 saturated carbocycles. The van der Waals surface area contributed by atoms with Gasteiger partial charge in [0.2, 0.25) is 0 Å². The molecule has 4 nitrogen and oxygen atoms in total. The molecule has 56 valence electrons. The molecule has 0 aliphatic carbocycles.